The molecule has 0 bridgehead atoms. The van der Waals surface area contributed by atoms with Gasteiger partial charge < -0.3 is 15.5 Å². The highest BCUT2D eigenvalue weighted by molar-refractivity contribution is 6.30. The summed E-state index contributed by atoms with van der Waals surface area (Å²) in [5.74, 6) is -0.121. The lowest BCUT2D eigenvalue weighted by Gasteiger charge is -2.24. The molecule has 3 amide bonds. The number of urea groups is 1. The second-order valence-electron chi connectivity index (χ2n) is 6.50. The van der Waals surface area contributed by atoms with E-state index in [0.29, 0.717) is 30.2 Å². The van der Waals surface area contributed by atoms with Gasteiger partial charge in [-0.15, -0.1) is 0 Å². The first-order valence-corrected chi connectivity index (χ1v) is 9.07. The molecular weight excluding hydrogens is 350 g/mol. The summed E-state index contributed by atoms with van der Waals surface area (Å²) in [6.07, 6.45) is 1.48. The number of hydrogen-bond acceptors (Lipinski definition) is 2. The molecule has 3 rings (SSSR count). The summed E-state index contributed by atoms with van der Waals surface area (Å²) >= 11 is 5.95. The van der Waals surface area contributed by atoms with Gasteiger partial charge in [0.05, 0.1) is 0 Å². The number of amides is 3. The molecule has 0 saturated carbocycles. The molecule has 2 aromatic carbocycles. The van der Waals surface area contributed by atoms with Gasteiger partial charge in [-0.05, 0) is 43.5 Å². The third kappa shape index (κ3) is 4.55. The Morgan fingerprint density at radius 1 is 1.19 bits per heavy atom. The van der Waals surface area contributed by atoms with Gasteiger partial charge in [-0.3, -0.25) is 4.79 Å². The van der Waals surface area contributed by atoms with Crippen LogP contribution in [0.5, 0.6) is 0 Å². The number of carbonyl (C=O) groups excluding carboxylic acids is 2. The highest BCUT2D eigenvalue weighted by Crippen LogP contribution is 2.21. The van der Waals surface area contributed by atoms with Crippen molar-refractivity contribution in [2.24, 2.45) is 0 Å². The van der Waals surface area contributed by atoms with Crippen LogP contribution in [-0.4, -0.2) is 29.4 Å². The van der Waals surface area contributed by atoms with Crippen LogP contribution in [0.1, 0.15) is 24.0 Å². The lowest BCUT2D eigenvalue weighted by Crippen LogP contribution is -2.47. The topological polar surface area (TPSA) is 61.4 Å². The number of benzene rings is 2. The molecule has 0 spiro atoms. The molecule has 0 unspecified atom stereocenters. The SMILES string of the molecule is Cc1ccc(CNC(=O)[C@H]2CCCN2C(=O)Nc2cccc(Cl)c2)cc1. The highest BCUT2D eigenvalue weighted by atomic mass is 35.5. The van der Waals surface area contributed by atoms with Crippen molar-refractivity contribution in [3.8, 4) is 0 Å². The normalized spacial score (nSPS) is 16.4. The van der Waals surface area contributed by atoms with Crippen LogP contribution in [0.2, 0.25) is 5.02 Å². The lowest BCUT2D eigenvalue weighted by atomic mass is 10.1. The minimum absolute atomic E-state index is 0.121. The van der Waals surface area contributed by atoms with Gasteiger partial charge in [0.25, 0.3) is 0 Å². The van der Waals surface area contributed by atoms with Crippen molar-refractivity contribution in [3.05, 3.63) is 64.7 Å². The summed E-state index contributed by atoms with van der Waals surface area (Å²) in [6, 6.07) is 14.3. The van der Waals surface area contributed by atoms with Crippen molar-refractivity contribution < 1.29 is 9.59 Å². The highest BCUT2D eigenvalue weighted by Gasteiger charge is 2.34. The van der Waals surface area contributed by atoms with Crippen LogP contribution in [0.15, 0.2) is 48.5 Å². The largest absolute Gasteiger partial charge is 0.350 e. The van der Waals surface area contributed by atoms with Crippen LogP contribution in [-0.2, 0) is 11.3 Å². The fourth-order valence-corrected chi connectivity index (χ4v) is 3.25. The van der Waals surface area contributed by atoms with E-state index in [4.69, 9.17) is 11.6 Å². The molecule has 6 heteroatoms. The fourth-order valence-electron chi connectivity index (χ4n) is 3.06. The van der Waals surface area contributed by atoms with E-state index in [0.717, 1.165) is 12.0 Å². The molecule has 26 heavy (non-hydrogen) atoms. The standard InChI is InChI=1S/C20H22ClN3O2/c1-14-7-9-15(10-8-14)13-22-19(25)18-6-3-11-24(18)20(26)23-17-5-2-4-16(21)12-17/h2,4-5,7-10,12,18H,3,6,11,13H2,1H3,(H,22,25)(H,23,26)/t18-/m1/s1. The number of hydrogen-bond donors (Lipinski definition) is 2. The predicted molar refractivity (Wildman–Crippen MR) is 103 cm³/mol. The third-order valence-corrected chi connectivity index (χ3v) is 4.71. The summed E-state index contributed by atoms with van der Waals surface area (Å²) in [5, 5.41) is 6.30. The van der Waals surface area contributed by atoms with Crippen LogP contribution < -0.4 is 10.6 Å². The average Bonchev–Trinajstić information content (AvgIpc) is 3.11. The smallest absolute Gasteiger partial charge is 0.322 e. The molecule has 2 N–H and O–H groups in total. The van der Waals surface area contributed by atoms with Crippen molar-refractivity contribution in [1.29, 1.82) is 0 Å². The van der Waals surface area contributed by atoms with E-state index in [1.807, 2.05) is 31.2 Å². The Morgan fingerprint density at radius 3 is 2.69 bits per heavy atom. The Bertz CT molecular complexity index is 792. The molecule has 1 atom stereocenters. The van der Waals surface area contributed by atoms with Gasteiger partial charge in [0.15, 0.2) is 0 Å². The number of nitrogens with zero attached hydrogens (tertiary/aromatic N) is 1. The van der Waals surface area contributed by atoms with Crippen molar-refractivity contribution in [1.82, 2.24) is 10.2 Å². The molecule has 2 aromatic rings. The second kappa shape index (κ2) is 8.23. The first-order valence-electron chi connectivity index (χ1n) is 8.69. The molecule has 1 aliphatic heterocycles. The van der Waals surface area contributed by atoms with Crippen LogP contribution in [0.25, 0.3) is 0 Å². The summed E-state index contributed by atoms with van der Waals surface area (Å²) in [4.78, 5) is 26.7. The summed E-state index contributed by atoms with van der Waals surface area (Å²) in [6.45, 7) is 3.05. The quantitative estimate of drug-likeness (QED) is 0.854. The molecule has 5 nitrogen and oxygen atoms in total. The van der Waals surface area contributed by atoms with Crippen molar-refractivity contribution >= 4 is 29.2 Å². The maximum Gasteiger partial charge on any atom is 0.322 e. The number of rotatable bonds is 4. The number of anilines is 1. The van der Waals surface area contributed by atoms with E-state index in [1.54, 1.807) is 29.2 Å². The molecule has 0 radical (unpaired) electrons. The zero-order valence-corrected chi connectivity index (χ0v) is 15.4. The van der Waals surface area contributed by atoms with Crippen LogP contribution in [0.3, 0.4) is 0 Å². The summed E-state index contributed by atoms with van der Waals surface area (Å²) in [5.41, 5.74) is 2.84. The molecule has 1 aliphatic rings. The zero-order valence-electron chi connectivity index (χ0n) is 14.7. The molecule has 1 saturated heterocycles. The van der Waals surface area contributed by atoms with E-state index in [1.165, 1.54) is 5.56 Å². The zero-order chi connectivity index (χ0) is 18.5. The third-order valence-electron chi connectivity index (χ3n) is 4.48. The van der Waals surface area contributed by atoms with E-state index in [9.17, 15) is 9.59 Å². The lowest BCUT2D eigenvalue weighted by molar-refractivity contribution is -0.124. The van der Waals surface area contributed by atoms with Crippen LogP contribution >= 0.6 is 11.6 Å². The Hall–Kier alpha value is -2.53. The van der Waals surface area contributed by atoms with Gasteiger partial charge in [0.2, 0.25) is 5.91 Å². The molecule has 1 fully saturated rings. The van der Waals surface area contributed by atoms with Crippen molar-refractivity contribution in [3.63, 3.8) is 0 Å². The molecule has 0 aliphatic carbocycles. The predicted octanol–water partition coefficient (Wildman–Crippen LogP) is 3.96. The van der Waals surface area contributed by atoms with E-state index >= 15 is 0 Å². The molecular formula is C20H22ClN3O2. The van der Waals surface area contributed by atoms with E-state index in [-0.39, 0.29) is 11.9 Å². The number of aryl methyl sites for hydroxylation is 1. The minimum Gasteiger partial charge on any atom is -0.350 e. The van der Waals surface area contributed by atoms with Gasteiger partial charge in [-0.25, -0.2) is 4.79 Å². The maximum absolute atomic E-state index is 12.6. The van der Waals surface area contributed by atoms with Gasteiger partial charge in [0.1, 0.15) is 6.04 Å². The van der Waals surface area contributed by atoms with Crippen LogP contribution in [0.4, 0.5) is 10.5 Å². The average molecular weight is 372 g/mol. The first kappa shape index (κ1) is 18.3. The second-order valence-corrected chi connectivity index (χ2v) is 6.93. The molecule has 0 aromatic heterocycles. The van der Waals surface area contributed by atoms with Gasteiger partial charge in [-0.2, -0.15) is 0 Å². The Labute approximate surface area is 158 Å². The number of nitrogens with one attached hydrogen (secondary N) is 2. The number of carbonyl (C=O) groups is 2. The van der Waals surface area contributed by atoms with Gasteiger partial charge >= 0.3 is 6.03 Å². The minimum atomic E-state index is -0.445. The Kier molecular flexibility index (Phi) is 5.78. The van der Waals surface area contributed by atoms with Crippen molar-refractivity contribution in [2.75, 3.05) is 11.9 Å². The fraction of sp³-hybridized carbons (Fsp3) is 0.300. The van der Waals surface area contributed by atoms with E-state index < -0.39 is 6.04 Å². The number of likely N-dealkylation sites (tertiary alicyclic amines) is 1. The number of halogens is 1. The van der Waals surface area contributed by atoms with Gasteiger partial charge in [-0.1, -0.05) is 47.5 Å². The maximum atomic E-state index is 12.6. The Balaban J connectivity index is 1.58. The van der Waals surface area contributed by atoms with Gasteiger partial charge in [0, 0.05) is 23.8 Å². The van der Waals surface area contributed by atoms with Crippen molar-refractivity contribution in [2.45, 2.75) is 32.4 Å². The van der Waals surface area contributed by atoms with Crippen LogP contribution in [0, 0.1) is 6.92 Å². The first-order chi connectivity index (χ1) is 12.5. The summed E-state index contributed by atoms with van der Waals surface area (Å²) in [7, 11) is 0. The molecule has 1 heterocycles. The monoisotopic (exact) mass is 371 g/mol. The molecule has 136 valence electrons. The Morgan fingerprint density at radius 2 is 1.96 bits per heavy atom. The van der Waals surface area contributed by atoms with E-state index in [2.05, 4.69) is 10.6 Å². The summed E-state index contributed by atoms with van der Waals surface area (Å²) < 4.78 is 0.